The number of carboxylic acids is 2. The number of carbonyl (C=O) groups is 2. The normalized spacial score (nSPS) is 12.1. The van der Waals surface area contributed by atoms with E-state index in [2.05, 4.69) is 0 Å². The van der Waals surface area contributed by atoms with Crippen LogP contribution in [0.15, 0.2) is 41.0 Å². The number of furan rings is 1. The maximum atomic E-state index is 11.0. The molecular weight excluding hydrogens is 250 g/mol. The van der Waals surface area contributed by atoms with Gasteiger partial charge in [0.05, 0.1) is 11.8 Å². The summed E-state index contributed by atoms with van der Waals surface area (Å²) in [6.45, 7) is 0. The molecule has 0 spiro atoms. The molecule has 0 bridgehead atoms. The van der Waals surface area contributed by atoms with Crippen molar-refractivity contribution < 1.29 is 24.2 Å². The second kappa shape index (κ2) is 4.95. The molecule has 1 unspecified atom stereocenters. The van der Waals surface area contributed by atoms with Crippen LogP contribution in [0.4, 0.5) is 0 Å². The van der Waals surface area contributed by atoms with Crippen LogP contribution in [0.25, 0.3) is 11.3 Å². The quantitative estimate of drug-likeness (QED) is 0.772. The molecule has 0 radical (unpaired) electrons. The molecule has 98 valence electrons. The van der Waals surface area contributed by atoms with Crippen LogP contribution in [-0.2, 0) is 4.79 Å². The highest BCUT2D eigenvalue weighted by molar-refractivity contribution is 5.90. The first kappa shape index (κ1) is 12.8. The van der Waals surface area contributed by atoms with Gasteiger partial charge in [-0.25, -0.2) is 4.79 Å². The van der Waals surface area contributed by atoms with E-state index in [4.69, 9.17) is 20.4 Å². The molecule has 4 N–H and O–H groups in total. The molecule has 0 aliphatic carbocycles. The molecule has 6 heteroatoms. The Morgan fingerprint density at radius 2 is 1.95 bits per heavy atom. The lowest BCUT2D eigenvalue weighted by molar-refractivity contribution is -0.138. The molecule has 0 saturated carbocycles. The van der Waals surface area contributed by atoms with Crippen LogP contribution in [0, 0.1) is 0 Å². The molecule has 0 amide bonds. The van der Waals surface area contributed by atoms with E-state index in [1.54, 1.807) is 12.1 Å². The van der Waals surface area contributed by atoms with Crippen LogP contribution in [0.2, 0.25) is 0 Å². The predicted molar refractivity (Wildman–Crippen MR) is 65.7 cm³/mol. The van der Waals surface area contributed by atoms with E-state index >= 15 is 0 Å². The molecule has 1 aromatic carbocycles. The van der Waals surface area contributed by atoms with Gasteiger partial charge in [0, 0.05) is 5.56 Å². The summed E-state index contributed by atoms with van der Waals surface area (Å²) in [6.07, 6.45) is 1.42. The van der Waals surface area contributed by atoms with Crippen molar-refractivity contribution in [3.8, 4) is 11.3 Å². The number of aromatic carboxylic acids is 1. The van der Waals surface area contributed by atoms with Crippen LogP contribution in [-0.4, -0.2) is 22.2 Å². The Labute approximate surface area is 108 Å². The van der Waals surface area contributed by atoms with Gasteiger partial charge in [-0.3, -0.25) is 4.79 Å². The molecule has 6 nitrogen and oxygen atoms in total. The van der Waals surface area contributed by atoms with E-state index in [0.717, 1.165) is 0 Å². The van der Waals surface area contributed by atoms with Crippen molar-refractivity contribution >= 4 is 11.9 Å². The fraction of sp³-hybridized carbons (Fsp3) is 0.0769. The Morgan fingerprint density at radius 1 is 1.21 bits per heavy atom. The van der Waals surface area contributed by atoms with Gasteiger partial charge in [0.25, 0.3) is 0 Å². The highest BCUT2D eigenvalue weighted by Gasteiger charge is 2.21. The zero-order valence-electron chi connectivity index (χ0n) is 9.74. The van der Waals surface area contributed by atoms with Gasteiger partial charge in [0.2, 0.25) is 0 Å². The maximum Gasteiger partial charge on any atom is 0.335 e. The Hall–Kier alpha value is -2.60. The molecule has 0 fully saturated rings. The van der Waals surface area contributed by atoms with Crippen LogP contribution < -0.4 is 5.73 Å². The Kier molecular flexibility index (Phi) is 3.35. The van der Waals surface area contributed by atoms with Crippen molar-refractivity contribution in [1.82, 2.24) is 0 Å². The first-order valence-corrected chi connectivity index (χ1v) is 5.40. The average molecular weight is 261 g/mol. The highest BCUT2D eigenvalue weighted by atomic mass is 16.4. The minimum atomic E-state index is -1.25. The minimum absolute atomic E-state index is 0.0349. The number of hydrogen-bond donors (Lipinski definition) is 3. The number of nitrogens with two attached hydrogens (primary N) is 1. The molecule has 1 heterocycles. The summed E-state index contributed by atoms with van der Waals surface area (Å²) in [5.74, 6) is -1.94. The summed E-state index contributed by atoms with van der Waals surface area (Å²) in [6, 6.07) is 6.03. The highest BCUT2D eigenvalue weighted by Crippen LogP contribution is 2.29. The van der Waals surface area contributed by atoms with Gasteiger partial charge >= 0.3 is 11.9 Å². The lowest BCUT2D eigenvalue weighted by atomic mass is 9.96. The average Bonchev–Trinajstić information content (AvgIpc) is 2.90. The van der Waals surface area contributed by atoms with Gasteiger partial charge in [0.15, 0.2) is 0 Å². The van der Waals surface area contributed by atoms with Crippen molar-refractivity contribution in [1.29, 1.82) is 0 Å². The van der Waals surface area contributed by atoms with Gasteiger partial charge in [-0.2, -0.15) is 0 Å². The monoisotopic (exact) mass is 261 g/mol. The van der Waals surface area contributed by atoms with E-state index in [0.29, 0.717) is 16.9 Å². The molecule has 0 saturated heterocycles. The molecule has 2 rings (SSSR count). The topological polar surface area (TPSA) is 114 Å². The van der Waals surface area contributed by atoms with E-state index in [1.807, 2.05) is 0 Å². The van der Waals surface area contributed by atoms with E-state index in [9.17, 15) is 9.59 Å². The van der Waals surface area contributed by atoms with Crippen LogP contribution >= 0.6 is 0 Å². The number of carboxylic acid groups (broad SMARTS) is 2. The fourth-order valence-electron chi connectivity index (χ4n) is 1.74. The molecule has 1 aromatic heterocycles. The van der Waals surface area contributed by atoms with E-state index in [1.165, 1.54) is 24.5 Å². The third-order valence-electron chi connectivity index (χ3n) is 2.69. The third kappa shape index (κ3) is 2.48. The first-order chi connectivity index (χ1) is 9.00. The van der Waals surface area contributed by atoms with Gasteiger partial charge in [-0.1, -0.05) is 6.07 Å². The van der Waals surface area contributed by atoms with Crippen LogP contribution in [0.3, 0.4) is 0 Å². The van der Waals surface area contributed by atoms with E-state index < -0.39 is 18.0 Å². The molecule has 19 heavy (non-hydrogen) atoms. The van der Waals surface area contributed by atoms with Crippen molar-refractivity contribution in [2.24, 2.45) is 5.73 Å². The number of aliphatic carboxylic acids is 1. The molecule has 1 atom stereocenters. The summed E-state index contributed by atoms with van der Waals surface area (Å²) in [5, 5.41) is 17.9. The number of rotatable bonds is 4. The van der Waals surface area contributed by atoms with Gasteiger partial charge in [0.1, 0.15) is 11.8 Å². The van der Waals surface area contributed by atoms with Gasteiger partial charge in [-0.05, 0) is 29.8 Å². The van der Waals surface area contributed by atoms with Gasteiger partial charge < -0.3 is 20.4 Å². The van der Waals surface area contributed by atoms with Crippen molar-refractivity contribution in [3.63, 3.8) is 0 Å². The Bertz CT molecular complexity index is 618. The zero-order valence-corrected chi connectivity index (χ0v) is 9.74. The lowest BCUT2D eigenvalue weighted by Gasteiger charge is -2.12. The fourth-order valence-corrected chi connectivity index (χ4v) is 1.74. The summed E-state index contributed by atoms with van der Waals surface area (Å²) in [4.78, 5) is 21.9. The number of benzene rings is 1. The smallest absolute Gasteiger partial charge is 0.335 e. The van der Waals surface area contributed by atoms with E-state index in [-0.39, 0.29) is 5.56 Å². The number of hydrogen-bond acceptors (Lipinski definition) is 4. The zero-order chi connectivity index (χ0) is 14.0. The van der Waals surface area contributed by atoms with Gasteiger partial charge in [-0.15, -0.1) is 0 Å². The SMILES string of the molecule is NC(C(=O)O)c1ccc(C(=O)O)cc1-c1ccco1. The third-order valence-corrected chi connectivity index (χ3v) is 2.69. The summed E-state index contributed by atoms with van der Waals surface area (Å²) < 4.78 is 5.18. The largest absolute Gasteiger partial charge is 0.480 e. The standard InChI is InChI=1S/C13H11NO5/c14-11(13(17)18)8-4-3-7(12(15)16)6-9(8)10-2-1-5-19-10/h1-6,11H,14H2,(H,15,16)(H,17,18). The molecular formula is C13H11NO5. The maximum absolute atomic E-state index is 11.0. The second-order valence-corrected chi connectivity index (χ2v) is 3.90. The Morgan fingerprint density at radius 3 is 2.47 bits per heavy atom. The van der Waals surface area contributed by atoms with Crippen LogP contribution in [0.5, 0.6) is 0 Å². The Balaban J connectivity index is 2.61. The second-order valence-electron chi connectivity index (χ2n) is 3.90. The minimum Gasteiger partial charge on any atom is -0.480 e. The van der Waals surface area contributed by atoms with Crippen LogP contribution in [0.1, 0.15) is 22.0 Å². The lowest BCUT2D eigenvalue weighted by Crippen LogP contribution is -2.21. The molecule has 0 aliphatic rings. The summed E-state index contributed by atoms with van der Waals surface area (Å²) in [7, 11) is 0. The molecule has 0 aliphatic heterocycles. The van der Waals surface area contributed by atoms with Crippen molar-refractivity contribution in [2.45, 2.75) is 6.04 Å². The van der Waals surface area contributed by atoms with Crippen molar-refractivity contribution in [3.05, 3.63) is 47.7 Å². The molecule has 2 aromatic rings. The summed E-state index contributed by atoms with van der Waals surface area (Å²) in [5.41, 5.74) is 6.28. The summed E-state index contributed by atoms with van der Waals surface area (Å²) >= 11 is 0. The predicted octanol–water partition coefficient (Wildman–Crippen LogP) is 1.73. The van der Waals surface area contributed by atoms with Crippen molar-refractivity contribution in [2.75, 3.05) is 0 Å². The first-order valence-electron chi connectivity index (χ1n) is 5.40.